The number of benzene rings is 2. The van der Waals surface area contributed by atoms with Gasteiger partial charge in [-0.05, 0) is 37.1 Å². The summed E-state index contributed by atoms with van der Waals surface area (Å²) in [5.41, 5.74) is 3.78. The fraction of sp³-hybridized carbons (Fsp3) is 0.278. The number of rotatable bonds is 5. The summed E-state index contributed by atoms with van der Waals surface area (Å²) in [5.74, 6) is 0.648. The standard InChI is InChI=1S/C18H20O4/c1-12-5-6-13(2)14(9-12)11-22-17-10-15(20-3)7-8-16(17)18(19)21-4/h5-10H,11H2,1-4H3. The smallest absolute Gasteiger partial charge is 0.341 e. The molecule has 4 heteroatoms. The van der Waals surface area contributed by atoms with Gasteiger partial charge in [-0.15, -0.1) is 0 Å². The second-order valence-corrected chi connectivity index (χ2v) is 5.07. The van der Waals surface area contributed by atoms with Crippen molar-refractivity contribution in [3.8, 4) is 11.5 Å². The lowest BCUT2D eigenvalue weighted by atomic mass is 10.1. The molecular weight excluding hydrogens is 280 g/mol. The van der Waals surface area contributed by atoms with Crippen LogP contribution in [0.2, 0.25) is 0 Å². The van der Waals surface area contributed by atoms with Crippen molar-refractivity contribution in [3.05, 3.63) is 58.7 Å². The second kappa shape index (κ2) is 6.98. The van der Waals surface area contributed by atoms with Crippen molar-refractivity contribution < 1.29 is 19.0 Å². The Morgan fingerprint density at radius 1 is 1.05 bits per heavy atom. The van der Waals surface area contributed by atoms with E-state index in [1.54, 1.807) is 25.3 Å². The van der Waals surface area contributed by atoms with E-state index in [0.29, 0.717) is 23.7 Å². The highest BCUT2D eigenvalue weighted by Crippen LogP contribution is 2.26. The number of carbonyl (C=O) groups excluding carboxylic acids is 1. The first-order valence-corrected chi connectivity index (χ1v) is 7.00. The average Bonchev–Trinajstić information content (AvgIpc) is 2.54. The summed E-state index contributed by atoms with van der Waals surface area (Å²) in [6.45, 7) is 4.45. The molecule has 0 unspecified atom stereocenters. The summed E-state index contributed by atoms with van der Waals surface area (Å²) in [7, 11) is 2.92. The van der Waals surface area contributed by atoms with Crippen molar-refractivity contribution in [2.24, 2.45) is 0 Å². The van der Waals surface area contributed by atoms with E-state index < -0.39 is 5.97 Å². The van der Waals surface area contributed by atoms with Gasteiger partial charge in [0.2, 0.25) is 0 Å². The van der Waals surface area contributed by atoms with Crippen molar-refractivity contribution in [1.82, 2.24) is 0 Å². The number of ether oxygens (including phenoxy) is 3. The lowest BCUT2D eigenvalue weighted by Gasteiger charge is -2.13. The molecule has 0 aromatic heterocycles. The normalized spacial score (nSPS) is 10.2. The summed E-state index contributed by atoms with van der Waals surface area (Å²) < 4.78 is 15.8. The van der Waals surface area contributed by atoms with E-state index in [1.165, 1.54) is 12.7 Å². The molecule has 22 heavy (non-hydrogen) atoms. The largest absolute Gasteiger partial charge is 0.497 e. The van der Waals surface area contributed by atoms with Crippen LogP contribution in [0.5, 0.6) is 11.5 Å². The maximum absolute atomic E-state index is 11.8. The molecule has 0 fully saturated rings. The van der Waals surface area contributed by atoms with Gasteiger partial charge in [0.1, 0.15) is 23.7 Å². The third-order valence-electron chi connectivity index (χ3n) is 3.48. The van der Waals surface area contributed by atoms with E-state index in [-0.39, 0.29) is 0 Å². The molecule has 0 aliphatic rings. The summed E-state index contributed by atoms with van der Waals surface area (Å²) in [6.07, 6.45) is 0. The molecule has 0 heterocycles. The van der Waals surface area contributed by atoms with Crippen LogP contribution in [0, 0.1) is 13.8 Å². The molecule has 2 aromatic carbocycles. The molecule has 4 nitrogen and oxygen atoms in total. The van der Waals surface area contributed by atoms with Gasteiger partial charge in [0.05, 0.1) is 14.2 Å². The van der Waals surface area contributed by atoms with Crippen LogP contribution in [0.1, 0.15) is 27.0 Å². The average molecular weight is 300 g/mol. The predicted octanol–water partition coefficient (Wildman–Crippen LogP) is 3.68. The summed E-state index contributed by atoms with van der Waals surface area (Å²) in [6, 6.07) is 11.2. The van der Waals surface area contributed by atoms with Crippen LogP contribution in [0.15, 0.2) is 36.4 Å². The van der Waals surface area contributed by atoms with Gasteiger partial charge < -0.3 is 14.2 Å². The molecule has 2 rings (SSSR count). The lowest BCUT2D eigenvalue weighted by molar-refractivity contribution is 0.0595. The molecule has 0 N–H and O–H groups in total. The van der Waals surface area contributed by atoms with Crippen LogP contribution in [0.3, 0.4) is 0 Å². The number of aryl methyl sites for hydroxylation is 2. The fourth-order valence-electron chi connectivity index (χ4n) is 2.14. The Kier molecular flexibility index (Phi) is 5.04. The monoisotopic (exact) mass is 300 g/mol. The molecule has 0 saturated carbocycles. The fourth-order valence-corrected chi connectivity index (χ4v) is 2.14. The minimum atomic E-state index is -0.432. The highest BCUT2D eigenvalue weighted by Gasteiger charge is 2.14. The van der Waals surface area contributed by atoms with Crippen LogP contribution >= 0.6 is 0 Å². The summed E-state index contributed by atoms with van der Waals surface area (Å²) in [4.78, 5) is 11.8. The Morgan fingerprint density at radius 2 is 1.82 bits per heavy atom. The molecule has 0 atom stereocenters. The molecule has 0 aliphatic heterocycles. The van der Waals surface area contributed by atoms with Crippen LogP contribution in [-0.2, 0) is 11.3 Å². The highest BCUT2D eigenvalue weighted by molar-refractivity contribution is 5.92. The Bertz CT molecular complexity index is 677. The SMILES string of the molecule is COC(=O)c1ccc(OC)cc1OCc1cc(C)ccc1C. The van der Waals surface area contributed by atoms with E-state index in [1.807, 2.05) is 13.8 Å². The Labute approximate surface area is 130 Å². The minimum absolute atomic E-state index is 0.380. The van der Waals surface area contributed by atoms with Gasteiger partial charge in [-0.1, -0.05) is 23.8 Å². The quantitative estimate of drug-likeness (QED) is 0.790. The maximum Gasteiger partial charge on any atom is 0.341 e. The van der Waals surface area contributed by atoms with Crippen LogP contribution < -0.4 is 9.47 Å². The molecule has 0 amide bonds. The molecule has 0 spiro atoms. The van der Waals surface area contributed by atoms with Crippen molar-refractivity contribution in [2.45, 2.75) is 20.5 Å². The minimum Gasteiger partial charge on any atom is -0.497 e. The Morgan fingerprint density at radius 3 is 2.50 bits per heavy atom. The Balaban J connectivity index is 2.27. The molecule has 2 aromatic rings. The van der Waals surface area contributed by atoms with Gasteiger partial charge in [-0.3, -0.25) is 0 Å². The highest BCUT2D eigenvalue weighted by atomic mass is 16.5. The number of hydrogen-bond donors (Lipinski definition) is 0. The summed E-state index contributed by atoms with van der Waals surface area (Å²) >= 11 is 0. The third kappa shape index (κ3) is 3.58. The van der Waals surface area contributed by atoms with E-state index in [4.69, 9.17) is 14.2 Å². The van der Waals surface area contributed by atoms with Gasteiger partial charge in [0.15, 0.2) is 0 Å². The zero-order chi connectivity index (χ0) is 16.1. The van der Waals surface area contributed by atoms with E-state index >= 15 is 0 Å². The van der Waals surface area contributed by atoms with Crippen LogP contribution in [-0.4, -0.2) is 20.2 Å². The van der Waals surface area contributed by atoms with Gasteiger partial charge in [-0.2, -0.15) is 0 Å². The van der Waals surface area contributed by atoms with Crippen molar-refractivity contribution in [2.75, 3.05) is 14.2 Å². The van der Waals surface area contributed by atoms with Crippen LogP contribution in [0.4, 0.5) is 0 Å². The molecule has 0 saturated heterocycles. The number of methoxy groups -OCH3 is 2. The van der Waals surface area contributed by atoms with Gasteiger partial charge in [-0.25, -0.2) is 4.79 Å². The van der Waals surface area contributed by atoms with Crippen molar-refractivity contribution in [3.63, 3.8) is 0 Å². The maximum atomic E-state index is 11.8. The van der Waals surface area contributed by atoms with Gasteiger partial charge in [0, 0.05) is 6.07 Å². The molecular formula is C18H20O4. The Hall–Kier alpha value is -2.49. The van der Waals surface area contributed by atoms with Crippen molar-refractivity contribution >= 4 is 5.97 Å². The van der Waals surface area contributed by atoms with Gasteiger partial charge in [0.25, 0.3) is 0 Å². The number of esters is 1. The van der Waals surface area contributed by atoms with Crippen molar-refractivity contribution in [1.29, 1.82) is 0 Å². The third-order valence-corrected chi connectivity index (χ3v) is 3.48. The second-order valence-electron chi connectivity index (χ2n) is 5.07. The lowest BCUT2D eigenvalue weighted by Crippen LogP contribution is -2.07. The summed E-state index contributed by atoms with van der Waals surface area (Å²) in [5, 5.41) is 0. The molecule has 116 valence electrons. The van der Waals surface area contributed by atoms with E-state index in [9.17, 15) is 4.79 Å². The molecule has 0 bridgehead atoms. The number of hydrogen-bond acceptors (Lipinski definition) is 4. The number of carbonyl (C=O) groups is 1. The molecule has 0 aliphatic carbocycles. The zero-order valence-electron chi connectivity index (χ0n) is 13.3. The first kappa shape index (κ1) is 15.9. The van der Waals surface area contributed by atoms with E-state index in [0.717, 1.165) is 11.1 Å². The topological polar surface area (TPSA) is 44.8 Å². The zero-order valence-corrected chi connectivity index (χ0v) is 13.3. The van der Waals surface area contributed by atoms with Crippen LogP contribution in [0.25, 0.3) is 0 Å². The first-order valence-electron chi connectivity index (χ1n) is 7.00. The first-order chi connectivity index (χ1) is 10.5. The van der Waals surface area contributed by atoms with Gasteiger partial charge >= 0.3 is 5.97 Å². The predicted molar refractivity (Wildman–Crippen MR) is 84.6 cm³/mol. The molecule has 0 radical (unpaired) electrons. The van der Waals surface area contributed by atoms with E-state index in [2.05, 4.69) is 18.2 Å².